The number of hydrogen-bond donors (Lipinski definition) is 3. The van der Waals surface area contributed by atoms with Crippen LogP contribution in [0.4, 0.5) is 11.5 Å². The molecule has 8 nitrogen and oxygen atoms in total. The van der Waals surface area contributed by atoms with Gasteiger partial charge in [-0.25, -0.2) is 9.62 Å². The summed E-state index contributed by atoms with van der Waals surface area (Å²) in [5, 5.41) is 16.5. The van der Waals surface area contributed by atoms with E-state index in [1.54, 1.807) is 18.2 Å². The highest BCUT2D eigenvalue weighted by atomic mass is 35.5. The molecule has 19 heavy (non-hydrogen) atoms. The Morgan fingerprint density at radius 1 is 1.53 bits per heavy atom. The van der Waals surface area contributed by atoms with Crippen molar-refractivity contribution >= 4 is 28.9 Å². The molecule has 0 fully saturated rings. The van der Waals surface area contributed by atoms with E-state index >= 15 is 0 Å². The summed E-state index contributed by atoms with van der Waals surface area (Å²) in [6.45, 7) is 0. The van der Waals surface area contributed by atoms with Gasteiger partial charge in [-0.2, -0.15) is 0 Å². The van der Waals surface area contributed by atoms with Crippen LogP contribution in [-0.2, 0) is 0 Å². The molecule has 0 atom stereocenters. The smallest absolute Gasteiger partial charge is 0.199 e. The fraction of sp³-hybridized carbons (Fsp3) is 0.100. The number of hydrogen-bond acceptors (Lipinski definition) is 7. The number of amidine groups is 1. The van der Waals surface area contributed by atoms with Crippen molar-refractivity contribution in [2.45, 2.75) is 0 Å². The normalized spacial score (nSPS) is 11.4. The van der Waals surface area contributed by atoms with Crippen molar-refractivity contribution < 1.29 is 14.6 Å². The second-order valence-corrected chi connectivity index (χ2v) is 3.82. The molecule has 100 valence electrons. The topological polar surface area (TPSA) is 119 Å². The van der Waals surface area contributed by atoms with E-state index in [0.717, 1.165) is 0 Å². The van der Waals surface area contributed by atoms with Gasteiger partial charge in [0.25, 0.3) is 0 Å². The van der Waals surface area contributed by atoms with Crippen molar-refractivity contribution in [2.75, 3.05) is 12.8 Å². The zero-order valence-corrected chi connectivity index (χ0v) is 10.5. The van der Waals surface area contributed by atoms with Crippen molar-refractivity contribution in [2.24, 2.45) is 4.99 Å². The van der Waals surface area contributed by atoms with Crippen LogP contribution in [0.25, 0.3) is 0 Å². The number of halogens is 1. The van der Waals surface area contributed by atoms with E-state index < -0.39 is 0 Å². The molecule has 1 aromatic heterocycles. The molecule has 0 saturated heterocycles. The predicted octanol–water partition coefficient (Wildman–Crippen LogP) is 1.37. The number of aromatic nitrogens is 2. The lowest BCUT2D eigenvalue weighted by Crippen LogP contribution is -2.21. The van der Waals surface area contributed by atoms with Gasteiger partial charge in [0.05, 0.1) is 7.11 Å². The summed E-state index contributed by atoms with van der Waals surface area (Å²) in [5.41, 5.74) is 7.84. The lowest BCUT2D eigenvalue weighted by atomic mass is 10.3. The minimum absolute atomic E-state index is 0.0127. The summed E-state index contributed by atoms with van der Waals surface area (Å²) in [6, 6.07) is 4.85. The van der Waals surface area contributed by atoms with Crippen molar-refractivity contribution in [3.8, 4) is 5.75 Å². The van der Waals surface area contributed by atoms with E-state index in [1.807, 2.05) is 5.48 Å². The van der Waals surface area contributed by atoms with Crippen LogP contribution in [0.3, 0.4) is 0 Å². The van der Waals surface area contributed by atoms with Crippen LogP contribution in [0.1, 0.15) is 5.69 Å². The minimum Gasteiger partial charge on any atom is -0.494 e. The molecule has 2 aromatic rings. The first kappa shape index (κ1) is 13.1. The Labute approximate surface area is 112 Å². The Kier molecular flexibility index (Phi) is 3.83. The van der Waals surface area contributed by atoms with E-state index in [2.05, 4.69) is 19.9 Å². The summed E-state index contributed by atoms with van der Waals surface area (Å²) < 4.78 is 9.56. The third-order valence-corrected chi connectivity index (χ3v) is 2.45. The molecule has 1 aromatic carbocycles. The number of hydroxylamine groups is 1. The number of rotatable bonds is 3. The van der Waals surface area contributed by atoms with E-state index in [1.165, 1.54) is 7.11 Å². The van der Waals surface area contributed by atoms with Gasteiger partial charge in [-0.1, -0.05) is 11.6 Å². The number of anilines is 1. The second kappa shape index (κ2) is 5.55. The molecule has 0 unspecified atom stereocenters. The van der Waals surface area contributed by atoms with Crippen molar-refractivity contribution in [1.82, 2.24) is 15.8 Å². The molecule has 0 aliphatic heterocycles. The number of nitrogens with two attached hydrogens (primary N) is 1. The van der Waals surface area contributed by atoms with Crippen LogP contribution in [-0.4, -0.2) is 28.5 Å². The minimum atomic E-state index is -0.0423. The fourth-order valence-corrected chi connectivity index (χ4v) is 1.53. The lowest BCUT2D eigenvalue weighted by Gasteiger charge is -2.06. The predicted molar refractivity (Wildman–Crippen MR) is 67.8 cm³/mol. The average Bonchev–Trinajstić information content (AvgIpc) is 2.82. The van der Waals surface area contributed by atoms with Gasteiger partial charge >= 0.3 is 0 Å². The Morgan fingerprint density at radius 3 is 2.89 bits per heavy atom. The summed E-state index contributed by atoms with van der Waals surface area (Å²) in [6.07, 6.45) is 0. The molecule has 0 bridgehead atoms. The first-order valence-corrected chi connectivity index (χ1v) is 5.44. The maximum atomic E-state index is 9.10. The molecule has 9 heteroatoms. The van der Waals surface area contributed by atoms with Gasteiger partial charge in [0.1, 0.15) is 11.4 Å². The molecule has 4 N–H and O–H groups in total. The third kappa shape index (κ3) is 2.75. The maximum Gasteiger partial charge on any atom is 0.199 e. The molecule has 1 heterocycles. The van der Waals surface area contributed by atoms with Crippen molar-refractivity contribution in [3.05, 3.63) is 28.9 Å². The van der Waals surface area contributed by atoms with Gasteiger partial charge in [0.2, 0.25) is 0 Å². The Bertz CT molecular complexity index is 613. The highest BCUT2D eigenvalue weighted by Gasteiger charge is 2.14. The number of nitrogens with one attached hydrogen (secondary N) is 1. The fourth-order valence-electron chi connectivity index (χ4n) is 1.36. The second-order valence-electron chi connectivity index (χ2n) is 3.39. The average molecular weight is 284 g/mol. The van der Waals surface area contributed by atoms with Crippen LogP contribution in [0, 0.1) is 0 Å². The molecule has 0 saturated carbocycles. The van der Waals surface area contributed by atoms with Crippen LogP contribution in [0.2, 0.25) is 5.02 Å². The molecule has 0 amide bonds. The van der Waals surface area contributed by atoms with Crippen molar-refractivity contribution in [1.29, 1.82) is 0 Å². The van der Waals surface area contributed by atoms with Gasteiger partial charge in [0.15, 0.2) is 17.3 Å². The first-order valence-electron chi connectivity index (χ1n) is 5.06. The summed E-state index contributed by atoms with van der Waals surface area (Å²) >= 11 is 5.88. The number of nitrogen functional groups attached to an aromatic ring is 1. The number of benzene rings is 1. The van der Waals surface area contributed by atoms with E-state index in [9.17, 15) is 0 Å². The van der Waals surface area contributed by atoms with Crippen LogP contribution in [0.15, 0.2) is 27.8 Å². The van der Waals surface area contributed by atoms with Crippen LogP contribution in [0.5, 0.6) is 5.75 Å². The molecule has 0 aliphatic rings. The summed E-state index contributed by atoms with van der Waals surface area (Å²) in [7, 11) is 1.49. The molecular weight excluding hydrogens is 274 g/mol. The molecular formula is C10H10ClN5O3. The monoisotopic (exact) mass is 283 g/mol. The highest BCUT2D eigenvalue weighted by molar-refractivity contribution is 6.30. The molecule has 0 aliphatic carbocycles. The maximum absolute atomic E-state index is 9.10. The van der Waals surface area contributed by atoms with Gasteiger partial charge in [-0.05, 0) is 28.5 Å². The molecule has 0 spiro atoms. The largest absolute Gasteiger partial charge is 0.494 e. The SMILES string of the molecule is COc1ccc(Cl)cc1N=C(NO)c1nonc1N. The highest BCUT2D eigenvalue weighted by Crippen LogP contribution is 2.30. The van der Waals surface area contributed by atoms with Gasteiger partial charge in [-0.3, -0.25) is 10.7 Å². The van der Waals surface area contributed by atoms with Crippen LogP contribution >= 0.6 is 11.6 Å². The van der Waals surface area contributed by atoms with E-state index in [0.29, 0.717) is 16.5 Å². The summed E-state index contributed by atoms with van der Waals surface area (Å²) in [4.78, 5) is 4.12. The van der Waals surface area contributed by atoms with E-state index in [4.69, 9.17) is 27.3 Å². The van der Waals surface area contributed by atoms with Gasteiger partial charge in [-0.15, -0.1) is 0 Å². The first-order chi connectivity index (χ1) is 9.15. The Morgan fingerprint density at radius 2 is 2.32 bits per heavy atom. The van der Waals surface area contributed by atoms with Crippen LogP contribution < -0.4 is 16.0 Å². The van der Waals surface area contributed by atoms with E-state index in [-0.39, 0.29) is 17.3 Å². The third-order valence-electron chi connectivity index (χ3n) is 2.22. The lowest BCUT2D eigenvalue weighted by molar-refractivity contribution is 0.234. The Hall–Kier alpha value is -2.32. The number of nitrogens with zero attached hydrogens (tertiary/aromatic N) is 3. The zero-order chi connectivity index (χ0) is 13.8. The number of methoxy groups -OCH3 is 1. The molecule has 2 rings (SSSR count). The van der Waals surface area contributed by atoms with Crippen molar-refractivity contribution in [3.63, 3.8) is 0 Å². The molecule has 0 radical (unpaired) electrons. The Balaban J connectivity index is 2.49. The number of aliphatic imine (C=N–C) groups is 1. The van der Waals surface area contributed by atoms with Gasteiger partial charge in [0, 0.05) is 5.02 Å². The summed E-state index contributed by atoms with van der Waals surface area (Å²) in [5.74, 6) is 0.410. The standard InChI is InChI=1S/C10H10ClN5O3/c1-18-7-3-2-5(11)4-6(7)13-10(14-17)8-9(12)16-19-15-8/h2-4,17H,1H3,(H2,12,16)(H,13,14). The zero-order valence-electron chi connectivity index (χ0n) is 9.79. The quantitative estimate of drug-likeness (QED) is 0.442. The number of ether oxygens (including phenoxy) is 1. The van der Waals surface area contributed by atoms with Gasteiger partial charge < -0.3 is 10.5 Å².